The van der Waals surface area contributed by atoms with Crippen LogP contribution in [-0.2, 0) is 17.9 Å². The molecule has 9 nitrogen and oxygen atoms in total. The quantitative estimate of drug-likeness (QED) is 0.454. The molecule has 11 heteroatoms. The minimum atomic E-state index is -0.617. The fourth-order valence-corrected chi connectivity index (χ4v) is 3.05. The van der Waals surface area contributed by atoms with E-state index in [0.717, 1.165) is 5.56 Å². The molecule has 0 fully saturated rings. The van der Waals surface area contributed by atoms with E-state index in [1.54, 1.807) is 17.8 Å². The molecule has 0 aliphatic carbocycles. The summed E-state index contributed by atoms with van der Waals surface area (Å²) in [7, 11) is 0. The van der Waals surface area contributed by atoms with Gasteiger partial charge in [-0.1, -0.05) is 41.9 Å². The molecule has 0 aliphatic rings. The average Bonchev–Trinajstić information content (AvgIpc) is 3.10. The summed E-state index contributed by atoms with van der Waals surface area (Å²) in [6, 6.07) is 9.68. The van der Waals surface area contributed by atoms with E-state index in [4.69, 9.17) is 11.6 Å². The van der Waals surface area contributed by atoms with Crippen molar-refractivity contribution in [1.29, 1.82) is 0 Å². The maximum absolute atomic E-state index is 12.3. The van der Waals surface area contributed by atoms with E-state index in [1.807, 2.05) is 30.3 Å². The Morgan fingerprint density at radius 2 is 2.04 bits per heavy atom. The van der Waals surface area contributed by atoms with Gasteiger partial charge in [0.25, 0.3) is 0 Å². The van der Waals surface area contributed by atoms with Crippen LogP contribution < -0.4 is 5.32 Å². The molecule has 3 aromatic rings. The maximum atomic E-state index is 12.3. The van der Waals surface area contributed by atoms with Crippen LogP contribution in [-0.4, -0.2) is 30.4 Å². The van der Waals surface area contributed by atoms with Crippen LogP contribution in [0, 0.1) is 17.0 Å². The molecular weight excluding hydrogens is 440 g/mol. The van der Waals surface area contributed by atoms with Gasteiger partial charge in [-0.25, -0.2) is 0 Å². The molecule has 0 unspecified atom stereocenters. The number of hydrogen-bond acceptors (Lipinski definition) is 5. The lowest BCUT2D eigenvalue weighted by molar-refractivity contribution is -0.390. The fourth-order valence-electron chi connectivity index (χ4n) is 2.42. The van der Waals surface area contributed by atoms with E-state index in [-0.39, 0.29) is 22.7 Å². The smallest absolute Gasteiger partial charge is 0.358 e. The number of aromatic nitrogens is 4. The van der Waals surface area contributed by atoms with Crippen molar-refractivity contribution in [2.75, 3.05) is 5.32 Å². The Hall–Kier alpha value is -2.72. The number of benzene rings is 1. The summed E-state index contributed by atoms with van der Waals surface area (Å²) in [5.74, 6) is -0.573. The molecule has 0 saturated carbocycles. The third-order valence-electron chi connectivity index (χ3n) is 3.75. The number of carbonyl (C=O) groups excluding carboxylic acids is 1. The Labute approximate surface area is 167 Å². The minimum absolute atomic E-state index is 0.208. The molecule has 0 saturated heterocycles. The molecule has 0 spiro atoms. The van der Waals surface area contributed by atoms with E-state index in [9.17, 15) is 14.9 Å². The van der Waals surface area contributed by atoms with Gasteiger partial charge in [0.05, 0.1) is 17.3 Å². The highest BCUT2D eigenvalue weighted by Crippen LogP contribution is 2.27. The second-order valence-electron chi connectivity index (χ2n) is 5.69. The van der Waals surface area contributed by atoms with Crippen LogP contribution in [0.1, 0.15) is 11.3 Å². The van der Waals surface area contributed by atoms with Gasteiger partial charge in [0, 0.05) is 6.20 Å². The van der Waals surface area contributed by atoms with E-state index in [2.05, 4.69) is 31.4 Å². The monoisotopic (exact) mass is 452 g/mol. The zero-order valence-corrected chi connectivity index (χ0v) is 16.4. The fraction of sp³-hybridized carbons (Fsp3) is 0.188. The predicted molar refractivity (Wildman–Crippen MR) is 103 cm³/mol. The van der Waals surface area contributed by atoms with Crippen LogP contribution in [0.5, 0.6) is 0 Å². The van der Waals surface area contributed by atoms with Crippen LogP contribution in [0.15, 0.2) is 41.0 Å². The van der Waals surface area contributed by atoms with E-state index >= 15 is 0 Å². The first-order valence-corrected chi connectivity index (χ1v) is 8.96. The Bertz CT molecular complexity index is 1000. The van der Waals surface area contributed by atoms with Gasteiger partial charge in [-0.3, -0.25) is 9.48 Å². The predicted octanol–water partition coefficient (Wildman–Crippen LogP) is 3.40. The van der Waals surface area contributed by atoms with Crippen LogP contribution >= 0.6 is 27.5 Å². The Morgan fingerprint density at radius 1 is 1.33 bits per heavy atom. The van der Waals surface area contributed by atoms with Gasteiger partial charge in [-0.15, -0.1) is 0 Å². The summed E-state index contributed by atoms with van der Waals surface area (Å²) in [5.41, 5.74) is 1.51. The third-order valence-corrected chi connectivity index (χ3v) is 4.95. The molecule has 27 heavy (non-hydrogen) atoms. The SMILES string of the molecule is Cc1c(Br)c([N+](=O)[O-])nn1CC(=O)Nc1nn(Cc2ccccc2)cc1Cl. The first-order chi connectivity index (χ1) is 12.8. The van der Waals surface area contributed by atoms with Gasteiger partial charge in [0.1, 0.15) is 16.0 Å². The number of halogens is 2. The largest absolute Gasteiger partial charge is 0.404 e. The van der Waals surface area contributed by atoms with Crippen molar-refractivity contribution in [3.8, 4) is 0 Å². The maximum Gasteiger partial charge on any atom is 0.404 e. The zero-order valence-electron chi connectivity index (χ0n) is 14.1. The van der Waals surface area contributed by atoms with Gasteiger partial charge in [0.15, 0.2) is 5.82 Å². The highest BCUT2D eigenvalue weighted by Gasteiger charge is 2.25. The molecule has 0 radical (unpaired) electrons. The van der Waals surface area contributed by atoms with Crippen molar-refractivity contribution in [3.63, 3.8) is 0 Å². The molecular formula is C16H14BrClN6O3. The number of hydrogen-bond donors (Lipinski definition) is 1. The lowest BCUT2D eigenvalue weighted by Gasteiger charge is -2.03. The van der Waals surface area contributed by atoms with E-state index in [1.165, 1.54) is 4.68 Å². The van der Waals surface area contributed by atoms with Gasteiger partial charge in [-0.2, -0.15) is 9.78 Å². The van der Waals surface area contributed by atoms with Crippen LogP contribution in [0.25, 0.3) is 0 Å². The van der Waals surface area contributed by atoms with Crippen molar-refractivity contribution in [2.24, 2.45) is 0 Å². The molecule has 2 heterocycles. The number of nitrogens with zero attached hydrogens (tertiary/aromatic N) is 5. The Kier molecular flexibility index (Phi) is 5.57. The van der Waals surface area contributed by atoms with Crippen LogP contribution in [0.2, 0.25) is 5.02 Å². The van der Waals surface area contributed by atoms with Gasteiger partial charge < -0.3 is 15.4 Å². The topological polar surface area (TPSA) is 108 Å². The van der Waals surface area contributed by atoms with E-state index in [0.29, 0.717) is 17.3 Å². The van der Waals surface area contributed by atoms with Crippen molar-refractivity contribution in [3.05, 3.63) is 67.4 Å². The van der Waals surface area contributed by atoms with Crippen molar-refractivity contribution in [2.45, 2.75) is 20.0 Å². The Morgan fingerprint density at radius 3 is 2.67 bits per heavy atom. The first kappa shape index (κ1) is 19.1. The molecule has 1 aromatic carbocycles. The van der Waals surface area contributed by atoms with Crippen molar-refractivity contribution < 1.29 is 9.72 Å². The zero-order chi connectivity index (χ0) is 19.6. The third kappa shape index (κ3) is 4.34. The first-order valence-electron chi connectivity index (χ1n) is 7.79. The summed E-state index contributed by atoms with van der Waals surface area (Å²) in [5, 5.41) is 21.9. The number of nitrogens with one attached hydrogen (secondary N) is 1. The van der Waals surface area contributed by atoms with Gasteiger partial charge in [0.2, 0.25) is 5.91 Å². The molecule has 1 amide bonds. The van der Waals surface area contributed by atoms with Gasteiger partial charge >= 0.3 is 5.82 Å². The highest BCUT2D eigenvalue weighted by atomic mass is 79.9. The number of amides is 1. The number of nitro groups is 1. The summed E-state index contributed by atoms with van der Waals surface area (Å²) >= 11 is 9.25. The molecule has 0 bridgehead atoms. The molecule has 0 aliphatic heterocycles. The van der Waals surface area contributed by atoms with Crippen LogP contribution in [0.3, 0.4) is 0 Å². The van der Waals surface area contributed by atoms with E-state index < -0.39 is 10.8 Å². The summed E-state index contributed by atoms with van der Waals surface area (Å²) in [6.45, 7) is 1.92. The van der Waals surface area contributed by atoms with Crippen LogP contribution in [0.4, 0.5) is 11.6 Å². The minimum Gasteiger partial charge on any atom is -0.358 e. The second-order valence-corrected chi connectivity index (χ2v) is 6.89. The molecule has 1 N–H and O–H groups in total. The summed E-state index contributed by atoms with van der Waals surface area (Å²) in [4.78, 5) is 22.6. The lowest BCUT2D eigenvalue weighted by Crippen LogP contribution is -2.21. The van der Waals surface area contributed by atoms with Crippen molar-refractivity contribution in [1.82, 2.24) is 19.6 Å². The lowest BCUT2D eigenvalue weighted by atomic mass is 10.2. The van der Waals surface area contributed by atoms with Gasteiger partial charge in [-0.05, 0) is 33.3 Å². The Balaban J connectivity index is 1.70. The summed E-state index contributed by atoms with van der Waals surface area (Å²) < 4.78 is 3.10. The molecule has 140 valence electrons. The summed E-state index contributed by atoms with van der Waals surface area (Å²) in [6.07, 6.45) is 1.62. The standard InChI is InChI=1S/C16H14BrClN6O3/c1-10-14(17)16(24(26)27)21-23(10)9-13(25)19-15-12(18)8-22(20-15)7-11-5-3-2-4-6-11/h2-6,8H,7,9H2,1H3,(H,19,20,25). The number of carbonyl (C=O) groups is 1. The average molecular weight is 454 g/mol. The normalized spacial score (nSPS) is 10.8. The number of rotatable bonds is 6. The van der Waals surface area contributed by atoms with Crippen molar-refractivity contribution >= 4 is 45.1 Å². The molecule has 3 rings (SSSR count). The number of anilines is 1. The molecule has 2 aromatic heterocycles. The second kappa shape index (κ2) is 7.89. The highest BCUT2D eigenvalue weighted by molar-refractivity contribution is 9.10. The molecule has 0 atom stereocenters.